The van der Waals surface area contributed by atoms with E-state index in [1.807, 2.05) is 6.92 Å². The van der Waals surface area contributed by atoms with Crippen molar-refractivity contribution < 1.29 is 12.8 Å². The molecule has 0 bridgehead atoms. The second-order valence-electron chi connectivity index (χ2n) is 6.22. The van der Waals surface area contributed by atoms with Crippen LogP contribution in [-0.4, -0.2) is 38.5 Å². The van der Waals surface area contributed by atoms with Crippen molar-refractivity contribution in [3.8, 4) is 0 Å². The minimum atomic E-state index is -3.82. The fourth-order valence-electron chi connectivity index (χ4n) is 3.02. The molecule has 0 aliphatic carbocycles. The van der Waals surface area contributed by atoms with E-state index < -0.39 is 15.8 Å². The average Bonchev–Trinajstić information content (AvgIpc) is 2.48. The summed E-state index contributed by atoms with van der Waals surface area (Å²) in [5.74, 6) is -0.711. The van der Waals surface area contributed by atoms with Gasteiger partial charge in [0.15, 0.2) is 0 Å². The molecule has 2 atom stereocenters. The highest BCUT2D eigenvalue weighted by Crippen LogP contribution is 2.20. The number of benzene rings is 1. The fourth-order valence-corrected chi connectivity index (χ4v) is 4.30. The maximum absolute atomic E-state index is 13.8. The summed E-state index contributed by atoms with van der Waals surface area (Å²) in [6, 6.07) is 4.68. The van der Waals surface area contributed by atoms with E-state index in [0.717, 1.165) is 24.9 Å². The predicted octanol–water partition coefficient (Wildman–Crippen LogP) is 2.68. The Bertz CT molecular complexity index is 619. The number of hydrogen-bond donors (Lipinski definition) is 1. The van der Waals surface area contributed by atoms with Gasteiger partial charge in [0.2, 0.25) is 10.0 Å². The van der Waals surface area contributed by atoms with Gasteiger partial charge in [0.05, 0.1) is 0 Å². The normalized spacial score (nSPS) is 21.7. The molecule has 0 spiro atoms. The fraction of sp³-hybridized carbons (Fsp3) is 0.625. The molecule has 0 saturated carbocycles. The Morgan fingerprint density at radius 2 is 2.14 bits per heavy atom. The molecule has 1 aromatic rings. The van der Waals surface area contributed by atoms with E-state index >= 15 is 0 Å². The summed E-state index contributed by atoms with van der Waals surface area (Å²) in [7, 11) is -3.82. The molecular formula is C16H25FN2O2S. The maximum Gasteiger partial charge on any atom is 0.243 e. The Morgan fingerprint density at radius 3 is 2.82 bits per heavy atom. The van der Waals surface area contributed by atoms with Crippen molar-refractivity contribution in [3.63, 3.8) is 0 Å². The highest BCUT2D eigenvalue weighted by atomic mass is 32.2. The number of hydrogen-bond acceptors (Lipinski definition) is 3. The molecule has 0 radical (unpaired) electrons. The van der Waals surface area contributed by atoms with Gasteiger partial charge in [-0.3, -0.25) is 4.90 Å². The quantitative estimate of drug-likeness (QED) is 0.904. The van der Waals surface area contributed by atoms with E-state index in [1.54, 1.807) is 13.0 Å². The molecule has 1 saturated heterocycles. The van der Waals surface area contributed by atoms with Crippen molar-refractivity contribution in [1.29, 1.82) is 0 Å². The molecule has 1 aliphatic heterocycles. The largest absolute Gasteiger partial charge is 0.297 e. The van der Waals surface area contributed by atoms with Crippen molar-refractivity contribution in [1.82, 2.24) is 9.62 Å². The molecule has 1 fully saturated rings. The zero-order chi connectivity index (χ0) is 16.3. The van der Waals surface area contributed by atoms with Crippen LogP contribution < -0.4 is 4.72 Å². The predicted molar refractivity (Wildman–Crippen MR) is 85.8 cm³/mol. The van der Waals surface area contributed by atoms with Crippen LogP contribution in [0.15, 0.2) is 23.1 Å². The number of sulfonamides is 1. The van der Waals surface area contributed by atoms with Crippen LogP contribution in [0.3, 0.4) is 0 Å². The molecule has 0 amide bonds. The lowest BCUT2D eigenvalue weighted by atomic mass is 10.0. The molecule has 1 N–H and O–H groups in total. The van der Waals surface area contributed by atoms with Crippen molar-refractivity contribution >= 4 is 10.0 Å². The van der Waals surface area contributed by atoms with Crippen molar-refractivity contribution in [2.75, 3.05) is 13.1 Å². The lowest BCUT2D eigenvalue weighted by Crippen LogP contribution is -2.48. The number of likely N-dealkylation sites (tertiary alicyclic amines) is 1. The van der Waals surface area contributed by atoms with Crippen LogP contribution in [0.25, 0.3) is 0 Å². The number of aryl methyl sites for hydroxylation is 1. The molecule has 1 aromatic carbocycles. The van der Waals surface area contributed by atoms with Gasteiger partial charge in [-0.1, -0.05) is 12.5 Å². The second kappa shape index (κ2) is 7.06. The lowest BCUT2D eigenvalue weighted by molar-refractivity contribution is 0.116. The first-order chi connectivity index (χ1) is 10.3. The summed E-state index contributed by atoms with van der Waals surface area (Å²) in [6.07, 6.45) is 3.52. The van der Waals surface area contributed by atoms with Crippen LogP contribution in [0.4, 0.5) is 4.39 Å². The third kappa shape index (κ3) is 4.06. The number of nitrogens with zero attached hydrogens (tertiary/aromatic N) is 1. The van der Waals surface area contributed by atoms with Crippen LogP contribution in [0.5, 0.6) is 0 Å². The number of piperidine rings is 1. The summed E-state index contributed by atoms with van der Waals surface area (Å²) in [5, 5.41) is 0. The zero-order valence-corrected chi connectivity index (χ0v) is 14.3. The topological polar surface area (TPSA) is 49.4 Å². The number of nitrogens with one attached hydrogen (secondary N) is 1. The molecule has 124 valence electrons. The molecule has 2 rings (SSSR count). The van der Waals surface area contributed by atoms with Gasteiger partial charge >= 0.3 is 0 Å². The Kier molecular flexibility index (Phi) is 5.58. The standard InChI is InChI=1S/C16H25FN2O2S/c1-12-7-8-15(17)16(10-12)22(20,21)18-11-14(3)19-9-5-4-6-13(19)2/h7-8,10,13-14,18H,4-6,9,11H2,1-3H3. The molecule has 0 aromatic heterocycles. The van der Waals surface area contributed by atoms with Gasteiger partial charge in [0.25, 0.3) is 0 Å². The minimum absolute atomic E-state index is 0.0953. The highest BCUT2D eigenvalue weighted by Gasteiger charge is 2.25. The van der Waals surface area contributed by atoms with Crippen LogP contribution in [0.1, 0.15) is 38.7 Å². The van der Waals surface area contributed by atoms with Crippen LogP contribution >= 0.6 is 0 Å². The summed E-state index contributed by atoms with van der Waals surface area (Å²) < 4.78 is 40.9. The van der Waals surface area contributed by atoms with Crippen LogP contribution in [0.2, 0.25) is 0 Å². The first kappa shape index (κ1) is 17.4. The van der Waals surface area contributed by atoms with Gasteiger partial charge in [0.1, 0.15) is 10.7 Å². The lowest BCUT2D eigenvalue weighted by Gasteiger charge is -2.38. The smallest absolute Gasteiger partial charge is 0.243 e. The van der Waals surface area contributed by atoms with Gasteiger partial charge in [-0.15, -0.1) is 0 Å². The molecule has 6 heteroatoms. The van der Waals surface area contributed by atoms with Crippen LogP contribution in [-0.2, 0) is 10.0 Å². The Hall–Kier alpha value is -0.980. The van der Waals surface area contributed by atoms with Gasteiger partial charge in [-0.25, -0.2) is 17.5 Å². The van der Waals surface area contributed by atoms with E-state index in [9.17, 15) is 12.8 Å². The summed E-state index contributed by atoms with van der Waals surface area (Å²) in [5.41, 5.74) is 0.722. The van der Waals surface area contributed by atoms with Gasteiger partial charge in [-0.05, 0) is 57.9 Å². The molecular weight excluding hydrogens is 303 g/mol. The van der Waals surface area contributed by atoms with E-state index in [2.05, 4.69) is 16.5 Å². The van der Waals surface area contributed by atoms with E-state index in [4.69, 9.17) is 0 Å². The third-order valence-corrected chi connectivity index (χ3v) is 5.80. The third-order valence-electron chi connectivity index (χ3n) is 4.37. The van der Waals surface area contributed by atoms with Crippen molar-refractivity contribution in [3.05, 3.63) is 29.6 Å². The highest BCUT2D eigenvalue weighted by molar-refractivity contribution is 7.89. The molecule has 4 nitrogen and oxygen atoms in total. The first-order valence-electron chi connectivity index (χ1n) is 7.83. The molecule has 2 unspecified atom stereocenters. The summed E-state index contributed by atoms with van der Waals surface area (Å²) in [4.78, 5) is 2.05. The van der Waals surface area contributed by atoms with E-state index in [1.165, 1.54) is 18.6 Å². The monoisotopic (exact) mass is 328 g/mol. The SMILES string of the molecule is Cc1ccc(F)c(S(=O)(=O)NCC(C)N2CCCCC2C)c1. The van der Waals surface area contributed by atoms with E-state index in [-0.39, 0.29) is 10.9 Å². The van der Waals surface area contributed by atoms with Gasteiger partial charge in [-0.2, -0.15) is 0 Å². The number of halogens is 1. The molecule has 22 heavy (non-hydrogen) atoms. The Morgan fingerprint density at radius 1 is 1.41 bits per heavy atom. The summed E-state index contributed by atoms with van der Waals surface area (Å²) in [6.45, 7) is 7.21. The van der Waals surface area contributed by atoms with Crippen LogP contribution in [0, 0.1) is 12.7 Å². The molecule has 1 aliphatic rings. The first-order valence-corrected chi connectivity index (χ1v) is 9.31. The Labute approximate surface area is 132 Å². The second-order valence-corrected chi connectivity index (χ2v) is 7.95. The summed E-state index contributed by atoms with van der Waals surface area (Å²) >= 11 is 0. The van der Waals surface area contributed by atoms with E-state index in [0.29, 0.717) is 12.6 Å². The minimum Gasteiger partial charge on any atom is -0.297 e. The zero-order valence-electron chi connectivity index (χ0n) is 13.5. The van der Waals surface area contributed by atoms with Gasteiger partial charge < -0.3 is 0 Å². The average molecular weight is 328 g/mol. The Balaban J connectivity index is 2.04. The maximum atomic E-state index is 13.8. The number of rotatable bonds is 5. The van der Waals surface area contributed by atoms with Crippen molar-refractivity contribution in [2.24, 2.45) is 0 Å². The molecule has 1 heterocycles. The van der Waals surface area contributed by atoms with Crippen molar-refractivity contribution in [2.45, 2.75) is 57.0 Å². The van der Waals surface area contributed by atoms with Gasteiger partial charge in [0, 0.05) is 18.6 Å².